The van der Waals surface area contributed by atoms with E-state index < -0.39 is 0 Å². The van der Waals surface area contributed by atoms with Crippen LogP contribution in [0.15, 0.2) is 54.9 Å². The lowest BCUT2D eigenvalue weighted by Gasteiger charge is -2.25. The van der Waals surface area contributed by atoms with Gasteiger partial charge in [0.05, 0.1) is 0 Å². The molecular formula is C17H11Cl2FN4. The molecular weight excluding hydrogens is 350 g/mol. The summed E-state index contributed by atoms with van der Waals surface area (Å²) in [6.45, 7) is 0. The summed E-state index contributed by atoms with van der Waals surface area (Å²) < 4.78 is 14.9. The molecule has 0 saturated heterocycles. The van der Waals surface area contributed by atoms with Crippen molar-refractivity contribution in [1.82, 2.24) is 14.8 Å². The standard InChI is InChI=1S/C17H11Cl2FN4/c18-11-3-6-13(14(19)7-11)16-8-15(10-1-4-12(20)5-2-10)23-17-21-9-22-24(16)17/h1-9,16H,(H,21,22,23). The highest BCUT2D eigenvalue weighted by Crippen LogP contribution is 2.35. The van der Waals surface area contributed by atoms with Crippen LogP contribution in [-0.2, 0) is 0 Å². The zero-order valence-electron chi connectivity index (χ0n) is 12.2. The molecule has 0 saturated carbocycles. The first-order valence-electron chi connectivity index (χ1n) is 7.21. The molecule has 2 heterocycles. The summed E-state index contributed by atoms with van der Waals surface area (Å²) in [4.78, 5) is 4.23. The van der Waals surface area contributed by atoms with Crippen molar-refractivity contribution in [1.29, 1.82) is 0 Å². The molecule has 0 amide bonds. The van der Waals surface area contributed by atoms with Crippen molar-refractivity contribution in [3.63, 3.8) is 0 Å². The molecule has 0 bridgehead atoms. The van der Waals surface area contributed by atoms with Crippen molar-refractivity contribution < 1.29 is 4.39 Å². The number of anilines is 1. The number of aromatic nitrogens is 3. The van der Waals surface area contributed by atoms with Gasteiger partial charge in [0.1, 0.15) is 18.2 Å². The van der Waals surface area contributed by atoms with Crippen molar-refractivity contribution in [3.8, 4) is 0 Å². The Morgan fingerprint density at radius 3 is 2.62 bits per heavy atom. The summed E-state index contributed by atoms with van der Waals surface area (Å²) in [5, 5.41) is 8.58. The Morgan fingerprint density at radius 2 is 1.88 bits per heavy atom. The van der Waals surface area contributed by atoms with Gasteiger partial charge >= 0.3 is 0 Å². The first kappa shape index (κ1) is 15.2. The Kier molecular flexibility index (Phi) is 3.75. The Balaban J connectivity index is 1.83. The van der Waals surface area contributed by atoms with Crippen LogP contribution >= 0.6 is 23.2 Å². The quantitative estimate of drug-likeness (QED) is 0.714. The number of hydrogen-bond donors (Lipinski definition) is 1. The van der Waals surface area contributed by atoms with Crippen molar-refractivity contribution >= 4 is 34.8 Å². The van der Waals surface area contributed by atoms with Crippen LogP contribution in [0, 0.1) is 5.82 Å². The zero-order valence-corrected chi connectivity index (χ0v) is 13.8. The van der Waals surface area contributed by atoms with Gasteiger partial charge in [-0.2, -0.15) is 10.1 Å². The number of fused-ring (bicyclic) bond motifs is 1. The molecule has 3 aromatic rings. The molecule has 1 aromatic heterocycles. The first-order valence-corrected chi connectivity index (χ1v) is 7.96. The maximum atomic E-state index is 13.2. The van der Waals surface area contributed by atoms with Gasteiger partial charge in [0.25, 0.3) is 0 Å². The van der Waals surface area contributed by atoms with Crippen LogP contribution in [-0.4, -0.2) is 14.8 Å². The van der Waals surface area contributed by atoms with Gasteiger partial charge in [-0.15, -0.1) is 0 Å². The highest BCUT2D eigenvalue weighted by atomic mass is 35.5. The van der Waals surface area contributed by atoms with Crippen LogP contribution in [0.3, 0.4) is 0 Å². The minimum absolute atomic E-state index is 0.242. The van der Waals surface area contributed by atoms with E-state index in [0.29, 0.717) is 16.0 Å². The molecule has 1 unspecified atom stereocenters. The van der Waals surface area contributed by atoms with E-state index in [2.05, 4.69) is 15.4 Å². The average Bonchev–Trinajstić information content (AvgIpc) is 3.03. The van der Waals surface area contributed by atoms with Gasteiger partial charge in [-0.1, -0.05) is 29.3 Å². The monoisotopic (exact) mass is 360 g/mol. The van der Waals surface area contributed by atoms with Gasteiger partial charge in [-0.05, 0) is 53.6 Å². The molecule has 24 heavy (non-hydrogen) atoms. The third-order valence-electron chi connectivity index (χ3n) is 3.84. The molecule has 0 radical (unpaired) electrons. The summed E-state index contributed by atoms with van der Waals surface area (Å²) in [6.07, 6.45) is 3.45. The molecule has 0 spiro atoms. The molecule has 1 aliphatic rings. The maximum absolute atomic E-state index is 13.2. The second-order valence-electron chi connectivity index (χ2n) is 5.35. The minimum Gasteiger partial charge on any atom is -0.324 e. The van der Waals surface area contributed by atoms with Gasteiger partial charge < -0.3 is 5.32 Å². The number of allylic oxidation sites excluding steroid dienone is 1. The third kappa shape index (κ3) is 2.66. The van der Waals surface area contributed by atoms with Gasteiger partial charge in [0.2, 0.25) is 5.95 Å². The van der Waals surface area contributed by atoms with E-state index in [9.17, 15) is 4.39 Å². The molecule has 1 aliphatic heterocycles. The van der Waals surface area contributed by atoms with Gasteiger partial charge in [-0.25, -0.2) is 9.07 Å². The molecule has 1 atom stereocenters. The third-order valence-corrected chi connectivity index (χ3v) is 4.41. The number of hydrogen-bond acceptors (Lipinski definition) is 3. The van der Waals surface area contributed by atoms with E-state index in [4.69, 9.17) is 23.2 Å². The largest absolute Gasteiger partial charge is 0.324 e. The topological polar surface area (TPSA) is 42.7 Å². The lowest BCUT2D eigenvalue weighted by molar-refractivity contribution is 0.612. The van der Waals surface area contributed by atoms with E-state index in [1.807, 2.05) is 12.1 Å². The Morgan fingerprint density at radius 1 is 1.08 bits per heavy atom. The van der Waals surface area contributed by atoms with Crippen LogP contribution in [0.2, 0.25) is 10.0 Å². The van der Waals surface area contributed by atoms with E-state index in [0.717, 1.165) is 16.8 Å². The fourth-order valence-electron chi connectivity index (χ4n) is 2.69. The van der Waals surface area contributed by atoms with Crippen molar-refractivity contribution in [3.05, 3.63) is 81.9 Å². The molecule has 0 aliphatic carbocycles. The second kappa shape index (κ2) is 5.92. The molecule has 7 heteroatoms. The first-order chi connectivity index (χ1) is 11.6. The van der Waals surface area contributed by atoms with Crippen molar-refractivity contribution in [2.45, 2.75) is 6.04 Å². The van der Waals surface area contributed by atoms with Gasteiger partial charge in [0, 0.05) is 15.7 Å². The zero-order chi connectivity index (χ0) is 16.7. The maximum Gasteiger partial charge on any atom is 0.226 e. The van der Waals surface area contributed by atoms with Crippen LogP contribution in [0.1, 0.15) is 17.2 Å². The molecule has 4 nitrogen and oxygen atoms in total. The van der Waals surface area contributed by atoms with Crippen LogP contribution in [0.5, 0.6) is 0 Å². The molecule has 1 N–H and O–H groups in total. The lowest BCUT2D eigenvalue weighted by Crippen LogP contribution is -2.20. The predicted octanol–water partition coefficient (Wildman–Crippen LogP) is 4.78. The van der Waals surface area contributed by atoms with Crippen LogP contribution in [0.25, 0.3) is 5.70 Å². The highest BCUT2D eigenvalue weighted by molar-refractivity contribution is 6.35. The van der Waals surface area contributed by atoms with E-state index in [1.165, 1.54) is 18.5 Å². The fraction of sp³-hybridized carbons (Fsp3) is 0.0588. The smallest absolute Gasteiger partial charge is 0.226 e. The summed E-state index contributed by atoms with van der Waals surface area (Å²) in [5.74, 6) is 0.309. The predicted molar refractivity (Wildman–Crippen MR) is 92.6 cm³/mol. The summed E-state index contributed by atoms with van der Waals surface area (Å²) in [5.41, 5.74) is 2.51. The Bertz CT molecular complexity index is 934. The number of nitrogens with one attached hydrogen (secondary N) is 1. The second-order valence-corrected chi connectivity index (χ2v) is 6.19. The number of benzene rings is 2. The highest BCUT2D eigenvalue weighted by Gasteiger charge is 2.25. The average molecular weight is 361 g/mol. The Hall–Kier alpha value is -2.37. The number of rotatable bonds is 2. The number of halogens is 3. The summed E-state index contributed by atoms with van der Waals surface area (Å²) in [7, 11) is 0. The summed E-state index contributed by atoms with van der Waals surface area (Å²) in [6, 6.07) is 11.4. The van der Waals surface area contributed by atoms with Crippen molar-refractivity contribution in [2.75, 3.05) is 5.32 Å². The van der Waals surface area contributed by atoms with Gasteiger partial charge in [-0.3, -0.25) is 0 Å². The summed E-state index contributed by atoms with van der Waals surface area (Å²) >= 11 is 12.4. The van der Waals surface area contributed by atoms with E-state index >= 15 is 0 Å². The van der Waals surface area contributed by atoms with Crippen molar-refractivity contribution in [2.24, 2.45) is 0 Å². The van der Waals surface area contributed by atoms with Gasteiger partial charge in [0.15, 0.2) is 0 Å². The molecule has 120 valence electrons. The normalized spacial score (nSPS) is 16.3. The van der Waals surface area contributed by atoms with Crippen LogP contribution < -0.4 is 5.32 Å². The van der Waals surface area contributed by atoms with E-state index in [1.54, 1.807) is 28.9 Å². The molecule has 4 rings (SSSR count). The fourth-order valence-corrected chi connectivity index (χ4v) is 3.21. The van der Waals surface area contributed by atoms with Crippen LogP contribution in [0.4, 0.5) is 10.3 Å². The number of nitrogens with zero attached hydrogens (tertiary/aromatic N) is 3. The molecule has 2 aromatic carbocycles. The van der Waals surface area contributed by atoms with E-state index in [-0.39, 0.29) is 11.9 Å². The molecule has 0 fully saturated rings. The minimum atomic E-state index is -0.282. The Labute approximate surface area is 147 Å². The SMILES string of the molecule is Fc1ccc(C2=CC(c3ccc(Cl)cc3Cl)n3ncnc3N2)cc1. The lowest BCUT2D eigenvalue weighted by atomic mass is 10.0.